The van der Waals surface area contributed by atoms with Gasteiger partial charge in [-0.2, -0.15) is 0 Å². The third kappa shape index (κ3) is 6.31. The molecule has 2 amide bonds. The zero-order valence-corrected chi connectivity index (χ0v) is 17.5. The lowest BCUT2D eigenvalue weighted by Crippen LogP contribution is -2.25. The predicted octanol–water partition coefficient (Wildman–Crippen LogP) is 4.95. The fraction of sp³-hybridized carbons (Fsp3) is 0.231. The maximum atomic E-state index is 12.1. The number of carbonyl (C=O) groups is 2. The van der Waals surface area contributed by atoms with Crippen LogP contribution in [-0.4, -0.2) is 18.4 Å². The van der Waals surface area contributed by atoms with Gasteiger partial charge in [-0.1, -0.05) is 62.4 Å². The summed E-state index contributed by atoms with van der Waals surface area (Å²) in [6.07, 6.45) is 4.32. The Morgan fingerprint density at radius 3 is 2.37 bits per heavy atom. The molecule has 4 nitrogen and oxygen atoms in total. The first-order valence-corrected chi connectivity index (χ1v) is 10.3. The zero-order valence-electron chi connectivity index (χ0n) is 17.5. The highest BCUT2D eigenvalue weighted by Crippen LogP contribution is 2.16. The van der Waals surface area contributed by atoms with Crippen LogP contribution in [0, 0.1) is 5.92 Å². The third-order valence-electron chi connectivity index (χ3n) is 4.89. The summed E-state index contributed by atoms with van der Waals surface area (Å²) in [6, 6.07) is 21.6. The van der Waals surface area contributed by atoms with E-state index in [-0.39, 0.29) is 11.8 Å². The fourth-order valence-electron chi connectivity index (χ4n) is 3.08. The van der Waals surface area contributed by atoms with Gasteiger partial charge < -0.3 is 10.6 Å². The van der Waals surface area contributed by atoms with Crippen LogP contribution in [-0.2, 0) is 11.3 Å². The number of rotatable bonds is 8. The zero-order chi connectivity index (χ0) is 21.3. The first-order valence-electron chi connectivity index (χ1n) is 10.3. The summed E-state index contributed by atoms with van der Waals surface area (Å²) in [5, 5.41) is 8.12. The molecule has 0 spiro atoms. The van der Waals surface area contributed by atoms with Crippen molar-refractivity contribution in [1.82, 2.24) is 10.6 Å². The summed E-state index contributed by atoms with van der Waals surface area (Å²) >= 11 is 0. The van der Waals surface area contributed by atoms with Crippen LogP contribution in [0.4, 0.5) is 0 Å². The van der Waals surface area contributed by atoms with Crippen molar-refractivity contribution in [2.24, 2.45) is 5.92 Å². The van der Waals surface area contributed by atoms with Crippen molar-refractivity contribution >= 4 is 28.7 Å². The Kier molecular flexibility index (Phi) is 7.39. The third-order valence-corrected chi connectivity index (χ3v) is 4.89. The summed E-state index contributed by atoms with van der Waals surface area (Å²) in [4.78, 5) is 24.3. The van der Waals surface area contributed by atoms with Gasteiger partial charge >= 0.3 is 0 Å². The van der Waals surface area contributed by atoms with Crippen molar-refractivity contribution in [3.8, 4) is 0 Å². The second-order valence-corrected chi connectivity index (χ2v) is 7.79. The van der Waals surface area contributed by atoms with Gasteiger partial charge in [0.15, 0.2) is 0 Å². The molecule has 4 heteroatoms. The topological polar surface area (TPSA) is 58.2 Å². The molecule has 2 N–H and O–H groups in total. The Bertz CT molecular complexity index is 1040. The van der Waals surface area contributed by atoms with E-state index in [1.165, 1.54) is 5.39 Å². The van der Waals surface area contributed by atoms with Gasteiger partial charge in [0.2, 0.25) is 5.91 Å². The molecular formula is C26H28N2O2. The van der Waals surface area contributed by atoms with Gasteiger partial charge in [0, 0.05) is 24.7 Å². The highest BCUT2D eigenvalue weighted by Gasteiger charge is 2.05. The second-order valence-electron chi connectivity index (χ2n) is 7.79. The van der Waals surface area contributed by atoms with Crippen LogP contribution in [0.15, 0.2) is 72.8 Å². The molecule has 0 aliphatic rings. The van der Waals surface area contributed by atoms with Crippen molar-refractivity contribution < 1.29 is 9.59 Å². The Balaban J connectivity index is 1.49. The van der Waals surface area contributed by atoms with E-state index < -0.39 is 0 Å². The van der Waals surface area contributed by atoms with E-state index in [4.69, 9.17) is 0 Å². The number of carbonyl (C=O) groups excluding carboxylic acids is 2. The summed E-state index contributed by atoms with van der Waals surface area (Å²) in [6.45, 7) is 5.35. The number of hydrogen-bond acceptors (Lipinski definition) is 2. The molecule has 0 saturated carbocycles. The molecule has 0 saturated heterocycles. The first kappa shape index (κ1) is 21.3. The Morgan fingerprint density at radius 1 is 0.900 bits per heavy atom. The minimum absolute atomic E-state index is 0.0652. The van der Waals surface area contributed by atoms with Crippen LogP contribution in [0.5, 0.6) is 0 Å². The van der Waals surface area contributed by atoms with Crippen LogP contribution in [0.25, 0.3) is 16.8 Å². The molecule has 0 aliphatic heterocycles. The van der Waals surface area contributed by atoms with Crippen molar-refractivity contribution in [3.63, 3.8) is 0 Å². The van der Waals surface area contributed by atoms with E-state index in [1.54, 1.807) is 18.2 Å². The van der Waals surface area contributed by atoms with Gasteiger partial charge in [-0.25, -0.2) is 0 Å². The van der Waals surface area contributed by atoms with E-state index in [9.17, 15) is 9.59 Å². The molecule has 0 heterocycles. The van der Waals surface area contributed by atoms with Gasteiger partial charge in [0.1, 0.15) is 0 Å². The lowest BCUT2D eigenvalue weighted by Gasteiger charge is -2.08. The molecule has 3 aromatic rings. The van der Waals surface area contributed by atoms with Crippen LogP contribution in [0.1, 0.15) is 41.8 Å². The van der Waals surface area contributed by atoms with E-state index in [2.05, 4.69) is 42.7 Å². The standard InChI is InChI=1S/C26H28N2O2/c1-19(2)15-16-27-26(30)23-12-8-21(9-13-23)18-28-25(29)14-10-20-7-11-22-5-3-4-6-24(22)17-20/h3-14,17,19H,15-16,18H2,1-2H3,(H,27,30)(H,28,29). The smallest absolute Gasteiger partial charge is 0.251 e. The fourth-order valence-corrected chi connectivity index (χ4v) is 3.08. The molecule has 0 radical (unpaired) electrons. The Labute approximate surface area is 178 Å². The van der Waals surface area contributed by atoms with Gasteiger partial charge in [0.25, 0.3) is 5.91 Å². The summed E-state index contributed by atoms with van der Waals surface area (Å²) in [7, 11) is 0. The quantitative estimate of drug-likeness (QED) is 0.526. The normalized spacial score (nSPS) is 11.2. The molecule has 0 unspecified atom stereocenters. The van der Waals surface area contributed by atoms with Crippen molar-refractivity contribution in [2.45, 2.75) is 26.8 Å². The largest absolute Gasteiger partial charge is 0.352 e. The molecule has 0 fully saturated rings. The van der Waals surface area contributed by atoms with Crippen molar-refractivity contribution in [1.29, 1.82) is 0 Å². The number of benzene rings is 3. The summed E-state index contributed by atoms with van der Waals surface area (Å²) in [5.41, 5.74) is 2.56. The van der Waals surface area contributed by atoms with E-state index in [1.807, 2.05) is 42.5 Å². The molecule has 30 heavy (non-hydrogen) atoms. The summed E-state index contributed by atoms with van der Waals surface area (Å²) in [5.74, 6) is 0.342. The molecule has 0 atom stereocenters. The lowest BCUT2D eigenvalue weighted by atomic mass is 10.1. The summed E-state index contributed by atoms with van der Waals surface area (Å²) < 4.78 is 0. The van der Waals surface area contributed by atoms with Crippen molar-refractivity contribution in [2.75, 3.05) is 6.54 Å². The maximum Gasteiger partial charge on any atom is 0.251 e. The molecule has 154 valence electrons. The first-order chi connectivity index (χ1) is 14.5. The number of fused-ring (bicyclic) bond motifs is 1. The van der Waals surface area contributed by atoms with E-state index in [0.717, 1.165) is 22.9 Å². The minimum atomic E-state index is -0.154. The van der Waals surface area contributed by atoms with Crippen LogP contribution in [0.2, 0.25) is 0 Å². The average molecular weight is 401 g/mol. The van der Waals surface area contributed by atoms with Gasteiger partial charge in [-0.05, 0) is 58.5 Å². The predicted molar refractivity (Wildman–Crippen MR) is 123 cm³/mol. The maximum absolute atomic E-state index is 12.1. The van der Waals surface area contributed by atoms with Gasteiger partial charge in [-0.3, -0.25) is 9.59 Å². The highest BCUT2D eigenvalue weighted by atomic mass is 16.2. The van der Waals surface area contributed by atoms with Crippen molar-refractivity contribution in [3.05, 3.63) is 89.5 Å². The Morgan fingerprint density at radius 2 is 1.63 bits per heavy atom. The molecule has 0 bridgehead atoms. The van der Waals surface area contributed by atoms with Gasteiger partial charge in [-0.15, -0.1) is 0 Å². The monoisotopic (exact) mass is 400 g/mol. The highest BCUT2D eigenvalue weighted by molar-refractivity contribution is 5.94. The Hall–Kier alpha value is -3.40. The molecule has 0 aliphatic carbocycles. The molecule has 0 aromatic heterocycles. The minimum Gasteiger partial charge on any atom is -0.352 e. The number of amides is 2. The van der Waals surface area contributed by atoms with Crippen LogP contribution < -0.4 is 10.6 Å². The molecule has 3 aromatic carbocycles. The SMILES string of the molecule is CC(C)CCNC(=O)c1ccc(CNC(=O)C=Cc2ccc3ccccc3c2)cc1. The average Bonchev–Trinajstić information content (AvgIpc) is 2.76. The lowest BCUT2D eigenvalue weighted by molar-refractivity contribution is -0.116. The number of nitrogens with one attached hydrogen (secondary N) is 2. The van der Waals surface area contributed by atoms with Crippen LogP contribution in [0.3, 0.4) is 0 Å². The molecule has 3 rings (SSSR count). The second kappa shape index (κ2) is 10.4. The van der Waals surface area contributed by atoms with E-state index in [0.29, 0.717) is 24.6 Å². The molecular weight excluding hydrogens is 372 g/mol. The van der Waals surface area contributed by atoms with Crippen LogP contribution >= 0.6 is 0 Å². The van der Waals surface area contributed by atoms with E-state index >= 15 is 0 Å². The van der Waals surface area contributed by atoms with Gasteiger partial charge in [0.05, 0.1) is 0 Å². The number of hydrogen-bond donors (Lipinski definition) is 2.